The third-order valence-corrected chi connectivity index (χ3v) is 5.58. The van der Waals surface area contributed by atoms with Crippen LogP contribution in [0.5, 0.6) is 0 Å². The van der Waals surface area contributed by atoms with Crippen molar-refractivity contribution in [1.82, 2.24) is 9.97 Å². The molecule has 0 bridgehead atoms. The van der Waals surface area contributed by atoms with E-state index in [2.05, 4.69) is 9.97 Å². The van der Waals surface area contributed by atoms with E-state index in [1.54, 1.807) is 11.3 Å². The van der Waals surface area contributed by atoms with Crippen LogP contribution in [0.2, 0.25) is 0 Å². The number of anilines is 1. The van der Waals surface area contributed by atoms with Gasteiger partial charge in [0.1, 0.15) is 22.3 Å². The summed E-state index contributed by atoms with van der Waals surface area (Å²) in [7, 11) is 1.36. The van der Waals surface area contributed by atoms with Gasteiger partial charge in [0.2, 0.25) is 5.91 Å². The van der Waals surface area contributed by atoms with Crippen LogP contribution in [0.1, 0.15) is 15.7 Å². The van der Waals surface area contributed by atoms with E-state index in [4.69, 9.17) is 0 Å². The Bertz CT molecular complexity index is 916. The summed E-state index contributed by atoms with van der Waals surface area (Å²) >= 11 is 2.89. The normalized spacial score (nSPS) is 10.9. The number of benzene rings is 1. The number of nitrogens with zero attached hydrogens (tertiary/aromatic N) is 3. The molecule has 0 unspecified atom stereocenters. The van der Waals surface area contributed by atoms with E-state index in [1.165, 1.54) is 24.5 Å². The van der Waals surface area contributed by atoms with Gasteiger partial charge in [-0.25, -0.2) is 18.7 Å². The molecule has 8 heteroatoms. The predicted molar refractivity (Wildman–Crippen MR) is 96.2 cm³/mol. The molecule has 1 amide bonds. The van der Waals surface area contributed by atoms with Crippen LogP contribution in [0.15, 0.2) is 23.6 Å². The Hall–Kier alpha value is -2.19. The van der Waals surface area contributed by atoms with Gasteiger partial charge in [-0.1, -0.05) is 6.07 Å². The molecule has 0 aliphatic rings. The van der Waals surface area contributed by atoms with Crippen LogP contribution < -0.4 is 4.90 Å². The van der Waals surface area contributed by atoms with Crippen LogP contribution >= 0.6 is 22.7 Å². The SMILES string of the molecule is Cc1nc(C)c(-c2csc(CC(=O)N(C)c3c(F)cccc3F)n2)s1. The number of hydrogen-bond donors (Lipinski definition) is 0. The molecule has 3 rings (SSSR count). The van der Waals surface area contributed by atoms with Gasteiger partial charge < -0.3 is 4.90 Å². The highest BCUT2D eigenvalue weighted by Crippen LogP contribution is 2.31. The van der Waals surface area contributed by atoms with Crippen molar-refractivity contribution >= 4 is 34.3 Å². The molecule has 0 spiro atoms. The molecule has 0 fully saturated rings. The minimum atomic E-state index is -0.772. The van der Waals surface area contributed by atoms with Gasteiger partial charge in [0.15, 0.2) is 0 Å². The number of thiazole rings is 2. The highest BCUT2D eigenvalue weighted by molar-refractivity contribution is 7.16. The Balaban J connectivity index is 1.79. The lowest BCUT2D eigenvalue weighted by Gasteiger charge is -2.18. The van der Waals surface area contributed by atoms with Crippen molar-refractivity contribution in [2.45, 2.75) is 20.3 Å². The molecule has 0 saturated heterocycles. The number of hydrogen-bond acceptors (Lipinski definition) is 5. The van der Waals surface area contributed by atoms with E-state index in [-0.39, 0.29) is 12.1 Å². The number of likely N-dealkylation sites (N-methyl/N-ethyl adjacent to an activating group) is 1. The Kier molecular flexibility index (Phi) is 4.91. The van der Waals surface area contributed by atoms with Crippen LogP contribution in [-0.2, 0) is 11.2 Å². The Morgan fingerprint density at radius 2 is 1.88 bits per heavy atom. The topological polar surface area (TPSA) is 46.1 Å². The summed E-state index contributed by atoms with van der Waals surface area (Å²) in [6, 6.07) is 3.51. The van der Waals surface area contributed by atoms with E-state index in [0.29, 0.717) is 5.01 Å². The van der Waals surface area contributed by atoms with Crippen LogP contribution in [0.25, 0.3) is 10.6 Å². The van der Waals surface area contributed by atoms with Gasteiger partial charge in [0.05, 0.1) is 27.7 Å². The zero-order chi connectivity index (χ0) is 18.1. The first-order valence-corrected chi connectivity index (χ1v) is 9.15. The van der Waals surface area contributed by atoms with Crippen molar-refractivity contribution < 1.29 is 13.6 Å². The van der Waals surface area contributed by atoms with Gasteiger partial charge in [-0.2, -0.15) is 0 Å². The lowest BCUT2D eigenvalue weighted by Crippen LogP contribution is -2.29. The molecule has 0 N–H and O–H groups in total. The smallest absolute Gasteiger partial charge is 0.233 e. The zero-order valence-corrected chi connectivity index (χ0v) is 15.5. The molecular formula is C17H15F2N3OS2. The highest BCUT2D eigenvalue weighted by atomic mass is 32.1. The van der Waals surface area contributed by atoms with E-state index in [1.807, 2.05) is 19.2 Å². The fourth-order valence-corrected chi connectivity index (χ4v) is 4.18. The summed E-state index contributed by atoms with van der Waals surface area (Å²) in [6.07, 6.45) is -0.0220. The van der Waals surface area contributed by atoms with Crippen LogP contribution in [-0.4, -0.2) is 22.9 Å². The van der Waals surface area contributed by atoms with Gasteiger partial charge in [-0.05, 0) is 26.0 Å². The summed E-state index contributed by atoms with van der Waals surface area (Å²) < 4.78 is 27.6. The molecule has 130 valence electrons. The number of amides is 1. The number of aromatic nitrogens is 2. The Morgan fingerprint density at radius 3 is 2.48 bits per heavy atom. The van der Waals surface area contributed by atoms with Gasteiger partial charge in [0.25, 0.3) is 0 Å². The van der Waals surface area contributed by atoms with Gasteiger partial charge >= 0.3 is 0 Å². The van der Waals surface area contributed by atoms with Gasteiger partial charge in [-0.3, -0.25) is 4.79 Å². The quantitative estimate of drug-likeness (QED) is 0.676. The van der Waals surface area contributed by atoms with Crippen LogP contribution in [0, 0.1) is 25.5 Å². The first-order valence-electron chi connectivity index (χ1n) is 7.46. The largest absolute Gasteiger partial charge is 0.310 e. The summed E-state index contributed by atoms with van der Waals surface area (Å²) in [5, 5.41) is 3.41. The average Bonchev–Trinajstić information content (AvgIpc) is 3.12. The molecule has 2 heterocycles. The minimum Gasteiger partial charge on any atom is -0.310 e. The third-order valence-electron chi connectivity index (χ3n) is 3.64. The van der Waals surface area contributed by atoms with Crippen molar-refractivity contribution in [2.24, 2.45) is 0 Å². The molecule has 1 aromatic carbocycles. The maximum atomic E-state index is 13.8. The lowest BCUT2D eigenvalue weighted by molar-refractivity contribution is -0.117. The number of carbonyl (C=O) groups is 1. The van der Waals surface area contributed by atoms with Crippen LogP contribution in [0.3, 0.4) is 0 Å². The number of aryl methyl sites for hydroxylation is 2. The summed E-state index contributed by atoms with van der Waals surface area (Å²) in [5.74, 6) is -1.97. The molecular weight excluding hydrogens is 364 g/mol. The van der Waals surface area contributed by atoms with E-state index in [9.17, 15) is 13.6 Å². The summed E-state index contributed by atoms with van der Waals surface area (Å²) in [4.78, 5) is 23.2. The molecule has 0 radical (unpaired) electrons. The van der Waals surface area contributed by atoms with Crippen molar-refractivity contribution in [3.63, 3.8) is 0 Å². The standard InChI is InChI=1S/C17H15F2N3OS2/c1-9-17(25-10(2)20-9)13-8-24-14(21-13)7-15(23)22(3)16-11(18)5-4-6-12(16)19/h4-6,8H,7H2,1-3H3. The number of rotatable bonds is 4. The van der Waals surface area contributed by atoms with Crippen molar-refractivity contribution in [3.05, 3.63) is 50.9 Å². The maximum absolute atomic E-state index is 13.8. The summed E-state index contributed by atoms with van der Waals surface area (Å²) in [6.45, 7) is 3.84. The van der Waals surface area contributed by atoms with Crippen molar-refractivity contribution in [2.75, 3.05) is 11.9 Å². The third kappa shape index (κ3) is 3.59. The van der Waals surface area contributed by atoms with E-state index < -0.39 is 17.5 Å². The van der Waals surface area contributed by atoms with Crippen LogP contribution in [0.4, 0.5) is 14.5 Å². The molecule has 25 heavy (non-hydrogen) atoms. The second-order valence-electron chi connectivity index (χ2n) is 5.47. The Morgan fingerprint density at radius 1 is 1.20 bits per heavy atom. The second kappa shape index (κ2) is 6.97. The minimum absolute atomic E-state index is 0.0220. The number of carbonyl (C=O) groups excluding carboxylic acids is 1. The predicted octanol–water partition coefficient (Wildman–Crippen LogP) is 4.37. The first kappa shape index (κ1) is 17.6. The molecule has 3 aromatic rings. The van der Waals surface area contributed by atoms with E-state index in [0.717, 1.165) is 38.3 Å². The molecule has 4 nitrogen and oxygen atoms in total. The van der Waals surface area contributed by atoms with E-state index >= 15 is 0 Å². The van der Waals surface area contributed by atoms with Crippen molar-refractivity contribution in [1.29, 1.82) is 0 Å². The van der Waals surface area contributed by atoms with Gasteiger partial charge in [0, 0.05) is 12.4 Å². The average molecular weight is 379 g/mol. The number of halogens is 2. The second-order valence-corrected chi connectivity index (χ2v) is 7.62. The maximum Gasteiger partial charge on any atom is 0.233 e. The highest BCUT2D eigenvalue weighted by Gasteiger charge is 2.21. The zero-order valence-electron chi connectivity index (χ0n) is 13.8. The monoisotopic (exact) mass is 379 g/mol. The molecule has 0 atom stereocenters. The van der Waals surface area contributed by atoms with Gasteiger partial charge in [-0.15, -0.1) is 22.7 Å². The fraction of sp³-hybridized carbons (Fsp3) is 0.235. The molecule has 0 aliphatic carbocycles. The summed E-state index contributed by atoms with van der Waals surface area (Å²) in [5.41, 5.74) is 1.32. The molecule has 0 aliphatic heterocycles. The van der Waals surface area contributed by atoms with Crippen molar-refractivity contribution in [3.8, 4) is 10.6 Å². The fourth-order valence-electron chi connectivity index (χ4n) is 2.45. The Labute approximate surface area is 151 Å². The molecule has 2 aromatic heterocycles. The molecule has 0 saturated carbocycles. The lowest BCUT2D eigenvalue weighted by atomic mass is 10.2. The number of para-hydroxylation sites is 1. The first-order chi connectivity index (χ1) is 11.9.